The molecule has 2 aromatic heterocycles. The van der Waals surface area contributed by atoms with Crippen LogP contribution in [-0.2, 0) is 6.54 Å². The molecule has 2 N–H and O–H groups in total. The normalized spacial score (nSPS) is 11.5. The number of aryl methyl sites for hydroxylation is 1. The molecule has 0 aliphatic heterocycles. The van der Waals surface area contributed by atoms with Crippen molar-refractivity contribution in [3.05, 3.63) is 40.1 Å². The average Bonchev–Trinajstić information content (AvgIpc) is 2.71. The van der Waals surface area contributed by atoms with Crippen LogP contribution in [0.5, 0.6) is 0 Å². The zero-order valence-electron chi connectivity index (χ0n) is 9.31. The minimum atomic E-state index is 0.381. The third kappa shape index (κ3) is 1.54. The topological polar surface area (TPSA) is 56.2 Å². The van der Waals surface area contributed by atoms with Gasteiger partial charge in [0.05, 0.1) is 12.1 Å². The summed E-state index contributed by atoms with van der Waals surface area (Å²) in [5, 5.41) is 9.45. The lowest BCUT2D eigenvalue weighted by Gasteiger charge is -2.07. The predicted octanol–water partition coefficient (Wildman–Crippen LogP) is 2.41. The van der Waals surface area contributed by atoms with Crippen LogP contribution in [0.1, 0.15) is 11.4 Å². The Hall–Kier alpha value is -1.46. The Labute approximate surface area is 107 Å². The number of benzene rings is 1. The number of nitrogens with zero attached hydrogens (tertiary/aromatic N) is 3. The number of hydrogen-bond donors (Lipinski definition) is 1. The second-order valence-electron chi connectivity index (χ2n) is 4.00. The number of fused-ring (bicyclic) bond motifs is 3. The summed E-state index contributed by atoms with van der Waals surface area (Å²) in [4.78, 5) is 0. The Morgan fingerprint density at radius 1 is 1.29 bits per heavy atom. The second-order valence-corrected chi connectivity index (χ2v) is 4.92. The first kappa shape index (κ1) is 10.7. The molecule has 0 radical (unpaired) electrons. The standard InChI is InChI=1S/C12H11BrN4/c1-7-4-11-15-16-12(6-14)17(11)10-5-8(13)2-3-9(7)10/h2-5H,6,14H2,1H3. The van der Waals surface area contributed by atoms with E-state index in [1.165, 1.54) is 10.9 Å². The highest BCUT2D eigenvalue weighted by Gasteiger charge is 2.09. The zero-order valence-corrected chi connectivity index (χ0v) is 10.9. The van der Waals surface area contributed by atoms with Gasteiger partial charge in [-0.25, -0.2) is 0 Å². The van der Waals surface area contributed by atoms with E-state index >= 15 is 0 Å². The maximum absolute atomic E-state index is 5.69. The molecule has 0 aliphatic rings. The summed E-state index contributed by atoms with van der Waals surface area (Å²) in [6.45, 7) is 2.46. The maximum Gasteiger partial charge on any atom is 0.161 e. The smallest absolute Gasteiger partial charge is 0.161 e. The summed E-state index contributed by atoms with van der Waals surface area (Å²) in [5.74, 6) is 0.781. The predicted molar refractivity (Wildman–Crippen MR) is 70.8 cm³/mol. The fraction of sp³-hybridized carbons (Fsp3) is 0.167. The molecule has 1 aromatic carbocycles. The average molecular weight is 291 g/mol. The van der Waals surface area contributed by atoms with Gasteiger partial charge in [0.15, 0.2) is 11.5 Å². The van der Waals surface area contributed by atoms with Gasteiger partial charge in [-0.3, -0.25) is 4.40 Å². The number of hydrogen-bond acceptors (Lipinski definition) is 3. The Morgan fingerprint density at radius 3 is 2.88 bits per heavy atom. The third-order valence-electron chi connectivity index (χ3n) is 2.91. The van der Waals surface area contributed by atoms with E-state index in [1.807, 2.05) is 16.5 Å². The number of rotatable bonds is 1. The summed E-state index contributed by atoms with van der Waals surface area (Å²) in [6, 6.07) is 8.22. The molecule has 5 heteroatoms. The molecule has 0 unspecified atom stereocenters. The summed E-state index contributed by atoms with van der Waals surface area (Å²) in [7, 11) is 0. The van der Waals surface area contributed by atoms with E-state index in [2.05, 4.69) is 45.2 Å². The van der Waals surface area contributed by atoms with E-state index < -0.39 is 0 Å². The summed E-state index contributed by atoms with van der Waals surface area (Å²) in [6.07, 6.45) is 0. The molecule has 0 atom stereocenters. The van der Waals surface area contributed by atoms with E-state index in [-0.39, 0.29) is 0 Å². The van der Waals surface area contributed by atoms with Gasteiger partial charge < -0.3 is 5.73 Å². The van der Waals surface area contributed by atoms with Crippen LogP contribution >= 0.6 is 15.9 Å². The van der Waals surface area contributed by atoms with Crippen LogP contribution < -0.4 is 5.73 Å². The second kappa shape index (κ2) is 3.78. The van der Waals surface area contributed by atoms with Crippen LogP contribution in [0.25, 0.3) is 16.6 Å². The molecule has 2 heterocycles. The van der Waals surface area contributed by atoms with Crippen molar-refractivity contribution in [3.63, 3.8) is 0 Å². The lowest BCUT2D eigenvalue weighted by atomic mass is 10.1. The van der Waals surface area contributed by atoms with Crippen LogP contribution in [0, 0.1) is 6.92 Å². The van der Waals surface area contributed by atoms with Gasteiger partial charge in [-0.15, -0.1) is 10.2 Å². The Morgan fingerprint density at radius 2 is 2.12 bits per heavy atom. The highest BCUT2D eigenvalue weighted by Crippen LogP contribution is 2.24. The van der Waals surface area contributed by atoms with Crippen molar-refractivity contribution in [2.24, 2.45) is 5.73 Å². The fourth-order valence-corrected chi connectivity index (χ4v) is 2.46. The lowest BCUT2D eigenvalue weighted by Crippen LogP contribution is -2.03. The van der Waals surface area contributed by atoms with Crippen LogP contribution in [0.3, 0.4) is 0 Å². The van der Waals surface area contributed by atoms with Crippen molar-refractivity contribution < 1.29 is 0 Å². The molecule has 4 nitrogen and oxygen atoms in total. The van der Waals surface area contributed by atoms with E-state index in [0.717, 1.165) is 21.5 Å². The van der Waals surface area contributed by atoms with Crippen LogP contribution in [0.4, 0.5) is 0 Å². The molecule has 86 valence electrons. The molecule has 0 spiro atoms. The zero-order chi connectivity index (χ0) is 12.0. The first-order valence-corrected chi connectivity index (χ1v) is 6.13. The van der Waals surface area contributed by atoms with Gasteiger partial charge >= 0.3 is 0 Å². The first-order chi connectivity index (χ1) is 8.20. The number of halogens is 1. The van der Waals surface area contributed by atoms with E-state index in [4.69, 9.17) is 5.73 Å². The SMILES string of the molecule is Cc1cc2nnc(CN)n2c2cc(Br)ccc12. The van der Waals surface area contributed by atoms with E-state index in [9.17, 15) is 0 Å². The molecule has 0 bridgehead atoms. The lowest BCUT2D eigenvalue weighted by molar-refractivity contribution is 0.894. The van der Waals surface area contributed by atoms with Crippen molar-refractivity contribution in [1.29, 1.82) is 0 Å². The molecular formula is C12H11BrN4. The maximum atomic E-state index is 5.69. The van der Waals surface area contributed by atoms with Gasteiger partial charge in [0.1, 0.15) is 0 Å². The molecule has 0 aliphatic carbocycles. The monoisotopic (exact) mass is 290 g/mol. The van der Waals surface area contributed by atoms with Gasteiger partial charge in [-0.05, 0) is 30.7 Å². The first-order valence-electron chi connectivity index (χ1n) is 5.33. The van der Waals surface area contributed by atoms with Crippen LogP contribution in [0.2, 0.25) is 0 Å². The van der Waals surface area contributed by atoms with Crippen molar-refractivity contribution in [2.75, 3.05) is 0 Å². The van der Waals surface area contributed by atoms with Crippen molar-refractivity contribution in [2.45, 2.75) is 13.5 Å². The molecule has 0 fully saturated rings. The third-order valence-corrected chi connectivity index (χ3v) is 3.40. The van der Waals surface area contributed by atoms with Crippen molar-refractivity contribution in [3.8, 4) is 0 Å². The summed E-state index contributed by atoms with van der Waals surface area (Å²) < 4.78 is 3.04. The quantitative estimate of drug-likeness (QED) is 0.749. The highest BCUT2D eigenvalue weighted by molar-refractivity contribution is 9.10. The van der Waals surface area contributed by atoms with Gasteiger partial charge in [0, 0.05) is 9.86 Å². The Bertz CT molecular complexity index is 717. The largest absolute Gasteiger partial charge is 0.324 e. The van der Waals surface area contributed by atoms with Gasteiger partial charge in [0.25, 0.3) is 0 Å². The van der Waals surface area contributed by atoms with Crippen molar-refractivity contribution in [1.82, 2.24) is 14.6 Å². The Balaban J connectivity index is 2.58. The van der Waals surface area contributed by atoms with Crippen LogP contribution in [-0.4, -0.2) is 14.6 Å². The van der Waals surface area contributed by atoms with E-state index in [0.29, 0.717) is 6.54 Å². The van der Waals surface area contributed by atoms with Crippen molar-refractivity contribution >= 4 is 32.5 Å². The molecule has 3 rings (SSSR count). The Kier molecular flexibility index (Phi) is 2.38. The number of aromatic nitrogens is 3. The summed E-state index contributed by atoms with van der Waals surface area (Å²) in [5.41, 5.74) is 8.81. The minimum absolute atomic E-state index is 0.381. The number of nitrogens with two attached hydrogens (primary N) is 1. The minimum Gasteiger partial charge on any atom is -0.324 e. The van der Waals surface area contributed by atoms with Gasteiger partial charge in [0.2, 0.25) is 0 Å². The molecule has 0 saturated carbocycles. The summed E-state index contributed by atoms with van der Waals surface area (Å²) >= 11 is 3.49. The molecule has 3 aromatic rings. The fourth-order valence-electron chi connectivity index (χ4n) is 2.11. The molecular weight excluding hydrogens is 280 g/mol. The van der Waals surface area contributed by atoms with Crippen LogP contribution in [0.15, 0.2) is 28.7 Å². The van der Waals surface area contributed by atoms with Gasteiger partial charge in [-0.2, -0.15) is 0 Å². The molecule has 17 heavy (non-hydrogen) atoms. The number of pyridine rings is 1. The van der Waals surface area contributed by atoms with E-state index in [1.54, 1.807) is 0 Å². The van der Waals surface area contributed by atoms with Gasteiger partial charge in [-0.1, -0.05) is 22.0 Å². The molecule has 0 saturated heterocycles. The molecule has 0 amide bonds. The highest BCUT2D eigenvalue weighted by atomic mass is 79.9.